The first-order chi connectivity index (χ1) is 14.3. The minimum Gasteiger partial charge on any atom is -0.380 e. The fourth-order valence-corrected chi connectivity index (χ4v) is 4.87. The maximum atomic E-state index is 12.5. The summed E-state index contributed by atoms with van der Waals surface area (Å²) in [4.78, 5) is 14.7. The number of sulfonamides is 1. The zero-order chi connectivity index (χ0) is 21.7. The number of carbonyl (C=O) groups is 1. The molecule has 0 saturated carbocycles. The predicted octanol–water partition coefficient (Wildman–Crippen LogP) is 2.84. The van der Waals surface area contributed by atoms with Gasteiger partial charge < -0.3 is 15.0 Å². The molecular formula is C22H29N3O4S. The Bertz CT molecular complexity index is 990. The summed E-state index contributed by atoms with van der Waals surface area (Å²) in [6.45, 7) is 5.05. The van der Waals surface area contributed by atoms with E-state index in [9.17, 15) is 13.2 Å². The maximum Gasteiger partial charge on any atom is 0.241 e. The van der Waals surface area contributed by atoms with Crippen molar-refractivity contribution in [2.45, 2.75) is 37.7 Å². The number of aryl methyl sites for hydroxylation is 2. The van der Waals surface area contributed by atoms with Crippen molar-refractivity contribution < 1.29 is 17.9 Å². The average Bonchev–Trinajstić information content (AvgIpc) is 2.74. The summed E-state index contributed by atoms with van der Waals surface area (Å²) < 4.78 is 32.9. The van der Waals surface area contributed by atoms with E-state index in [1.54, 1.807) is 26.2 Å². The summed E-state index contributed by atoms with van der Waals surface area (Å²) >= 11 is 0. The maximum absolute atomic E-state index is 12.5. The van der Waals surface area contributed by atoms with Crippen LogP contribution in [0, 0.1) is 13.8 Å². The van der Waals surface area contributed by atoms with Gasteiger partial charge in [-0.1, -0.05) is 12.1 Å². The summed E-state index contributed by atoms with van der Waals surface area (Å²) in [5.41, 5.74) is 3.17. The number of benzene rings is 2. The highest BCUT2D eigenvalue weighted by molar-refractivity contribution is 7.89. The molecule has 2 N–H and O–H groups in total. The lowest BCUT2D eigenvalue weighted by molar-refractivity contribution is -0.115. The first-order valence-electron chi connectivity index (χ1n) is 10.0. The minimum absolute atomic E-state index is 0.190. The second-order valence-corrected chi connectivity index (χ2v) is 9.37. The topological polar surface area (TPSA) is 87.7 Å². The number of piperidine rings is 1. The Morgan fingerprint density at radius 3 is 2.60 bits per heavy atom. The summed E-state index contributed by atoms with van der Waals surface area (Å²) in [6, 6.07) is 12.8. The average molecular weight is 432 g/mol. The van der Waals surface area contributed by atoms with Crippen molar-refractivity contribution in [2.75, 3.05) is 37.0 Å². The van der Waals surface area contributed by atoms with Crippen LogP contribution in [0.4, 0.5) is 11.4 Å². The quantitative estimate of drug-likeness (QED) is 0.704. The number of nitrogens with zero attached hydrogens (tertiary/aromatic N) is 1. The van der Waals surface area contributed by atoms with Gasteiger partial charge >= 0.3 is 0 Å². The fraction of sp³-hybridized carbons (Fsp3) is 0.409. The number of hydrogen-bond donors (Lipinski definition) is 2. The van der Waals surface area contributed by atoms with E-state index >= 15 is 0 Å². The number of ether oxygens (including phenoxy) is 1. The van der Waals surface area contributed by atoms with E-state index in [0.29, 0.717) is 11.3 Å². The van der Waals surface area contributed by atoms with E-state index < -0.39 is 15.9 Å². The zero-order valence-electron chi connectivity index (χ0n) is 17.6. The highest BCUT2D eigenvalue weighted by Crippen LogP contribution is 2.23. The van der Waals surface area contributed by atoms with Gasteiger partial charge in [-0.3, -0.25) is 4.79 Å². The first kappa shape index (κ1) is 22.3. The molecule has 2 aromatic carbocycles. The Hall–Kier alpha value is -2.42. The van der Waals surface area contributed by atoms with Crippen molar-refractivity contribution in [2.24, 2.45) is 0 Å². The van der Waals surface area contributed by atoms with E-state index in [1.165, 1.54) is 0 Å². The molecule has 1 unspecified atom stereocenters. The van der Waals surface area contributed by atoms with Crippen molar-refractivity contribution in [3.63, 3.8) is 0 Å². The van der Waals surface area contributed by atoms with E-state index in [0.717, 1.165) is 37.2 Å². The number of methoxy groups -OCH3 is 1. The molecule has 1 aliphatic rings. The SMILES string of the molecule is COC1CCCN(c2ccc(NC(=O)CNS(=O)(=O)c3cc(C)ccc3C)cc2)C1. The Labute approximate surface area is 178 Å². The minimum atomic E-state index is -3.76. The molecule has 7 nitrogen and oxygen atoms in total. The molecule has 3 rings (SSSR count). The van der Waals surface area contributed by atoms with Gasteiger partial charge in [-0.15, -0.1) is 0 Å². The lowest BCUT2D eigenvalue weighted by Gasteiger charge is -2.33. The molecule has 0 aliphatic carbocycles. The van der Waals surface area contributed by atoms with Crippen LogP contribution in [0.25, 0.3) is 0 Å². The van der Waals surface area contributed by atoms with Gasteiger partial charge in [-0.25, -0.2) is 13.1 Å². The molecule has 8 heteroatoms. The van der Waals surface area contributed by atoms with Crippen LogP contribution in [0.1, 0.15) is 24.0 Å². The standard InChI is InChI=1S/C22H29N3O4S/c1-16-6-7-17(2)21(13-16)30(27,28)23-14-22(26)24-18-8-10-19(11-9-18)25-12-4-5-20(15-25)29-3/h6-11,13,20,23H,4-5,12,14-15H2,1-3H3,(H,24,26). The lowest BCUT2D eigenvalue weighted by atomic mass is 10.1. The van der Waals surface area contributed by atoms with E-state index in [1.807, 2.05) is 37.3 Å². The molecule has 162 valence electrons. The van der Waals surface area contributed by atoms with Gasteiger partial charge in [0, 0.05) is 31.6 Å². The fourth-order valence-electron chi connectivity index (χ4n) is 3.56. The number of rotatable bonds is 7. The van der Waals surface area contributed by atoms with Crippen molar-refractivity contribution in [1.29, 1.82) is 0 Å². The molecule has 0 bridgehead atoms. The molecule has 1 aliphatic heterocycles. The molecular weight excluding hydrogens is 402 g/mol. The smallest absolute Gasteiger partial charge is 0.241 e. The molecule has 1 amide bonds. The number of carbonyl (C=O) groups excluding carboxylic acids is 1. The van der Waals surface area contributed by atoms with Crippen molar-refractivity contribution >= 4 is 27.3 Å². The van der Waals surface area contributed by atoms with Crippen LogP contribution in [0.3, 0.4) is 0 Å². The highest BCUT2D eigenvalue weighted by Gasteiger charge is 2.20. The Kier molecular flexibility index (Phi) is 7.12. The summed E-state index contributed by atoms with van der Waals surface area (Å²) in [5, 5.41) is 2.73. The monoisotopic (exact) mass is 431 g/mol. The molecule has 1 atom stereocenters. The van der Waals surface area contributed by atoms with Gasteiger partial charge in [-0.2, -0.15) is 0 Å². The Balaban J connectivity index is 1.56. The van der Waals surface area contributed by atoms with Crippen LogP contribution in [0.5, 0.6) is 0 Å². The normalized spacial score (nSPS) is 17.0. The molecule has 1 fully saturated rings. The summed E-state index contributed by atoms with van der Waals surface area (Å²) in [5.74, 6) is -0.422. The second-order valence-electron chi connectivity index (χ2n) is 7.63. The number of anilines is 2. The Morgan fingerprint density at radius 1 is 1.17 bits per heavy atom. The van der Waals surface area contributed by atoms with Crippen molar-refractivity contribution in [3.8, 4) is 0 Å². The third-order valence-electron chi connectivity index (χ3n) is 5.28. The second kappa shape index (κ2) is 9.59. The number of nitrogens with one attached hydrogen (secondary N) is 2. The van der Waals surface area contributed by atoms with Crippen LogP contribution in [-0.4, -0.2) is 47.2 Å². The molecule has 0 radical (unpaired) electrons. The zero-order valence-corrected chi connectivity index (χ0v) is 18.5. The molecule has 1 heterocycles. The van der Waals surface area contributed by atoms with Gasteiger partial charge in [0.2, 0.25) is 15.9 Å². The molecule has 0 aromatic heterocycles. The van der Waals surface area contributed by atoms with Crippen LogP contribution >= 0.6 is 0 Å². The summed E-state index contributed by atoms with van der Waals surface area (Å²) in [7, 11) is -2.02. The van der Waals surface area contributed by atoms with Crippen LogP contribution in [0.2, 0.25) is 0 Å². The van der Waals surface area contributed by atoms with Crippen LogP contribution in [0.15, 0.2) is 47.4 Å². The van der Waals surface area contributed by atoms with Gasteiger partial charge in [0.05, 0.1) is 17.5 Å². The molecule has 30 heavy (non-hydrogen) atoms. The van der Waals surface area contributed by atoms with E-state index in [4.69, 9.17) is 4.74 Å². The number of hydrogen-bond acceptors (Lipinski definition) is 5. The van der Waals surface area contributed by atoms with Gasteiger partial charge in [-0.05, 0) is 68.1 Å². The Morgan fingerprint density at radius 2 is 1.90 bits per heavy atom. The third-order valence-corrected chi connectivity index (χ3v) is 6.83. The highest BCUT2D eigenvalue weighted by atomic mass is 32.2. The third kappa shape index (κ3) is 5.59. The van der Waals surface area contributed by atoms with E-state index in [-0.39, 0.29) is 17.5 Å². The van der Waals surface area contributed by atoms with E-state index in [2.05, 4.69) is 14.9 Å². The van der Waals surface area contributed by atoms with Crippen molar-refractivity contribution in [3.05, 3.63) is 53.6 Å². The van der Waals surface area contributed by atoms with Gasteiger partial charge in [0.1, 0.15) is 0 Å². The largest absolute Gasteiger partial charge is 0.380 e. The van der Waals surface area contributed by atoms with Crippen molar-refractivity contribution in [1.82, 2.24) is 4.72 Å². The molecule has 0 spiro atoms. The van der Waals surface area contributed by atoms with Gasteiger partial charge in [0.25, 0.3) is 0 Å². The van der Waals surface area contributed by atoms with Gasteiger partial charge in [0.15, 0.2) is 0 Å². The molecule has 1 saturated heterocycles. The lowest BCUT2D eigenvalue weighted by Crippen LogP contribution is -2.39. The number of amides is 1. The predicted molar refractivity (Wildman–Crippen MR) is 118 cm³/mol. The van der Waals surface area contributed by atoms with Crippen LogP contribution < -0.4 is 14.9 Å². The molecule has 2 aromatic rings. The van der Waals surface area contributed by atoms with Crippen LogP contribution in [-0.2, 0) is 19.6 Å². The first-order valence-corrected chi connectivity index (χ1v) is 11.5. The summed E-state index contributed by atoms with van der Waals surface area (Å²) in [6.07, 6.45) is 2.39.